The van der Waals surface area contributed by atoms with Crippen LogP contribution in [0.1, 0.15) is 25.8 Å². The fourth-order valence-corrected chi connectivity index (χ4v) is 4.82. The first-order valence-corrected chi connectivity index (χ1v) is 8.73. The van der Waals surface area contributed by atoms with Crippen molar-refractivity contribution in [1.82, 2.24) is 9.62 Å². The summed E-state index contributed by atoms with van der Waals surface area (Å²) in [5.41, 5.74) is 0.442. The predicted octanol–water partition coefficient (Wildman–Crippen LogP) is 2.62. The molecule has 1 saturated heterocycles. The Morgan fingerprint density at radius 1 is 1.43 bits per heavy atom. The van der Waals surface area contributed by atoms with Gasteiger partial charge in [-0.1, -0.05) is 18.5 Å². The zero-order chi connectivity index (χ0) is 15.8. The van der Waals surface area contributed by atoms with Gasteiger partial charge in [-0.2, -0.15) is 4.31 Å². The number of nitrogens with one attached hydrogen (secondary N) is 1. The molecule has 0 aromatic heterocycles. The molecule has 118 valence electrons. The monoisotopic (exact) mass is 334 g/mol. The van der Waals surface area contributed by atoms with E-state index in [1.54, 1.807) is 7.05 Å². The van der Waals surface area contributed by atoms with Gasteiger partial charge in [0.1, 0.15) is 5.82 Å². The molecule has 0 amide bonds. The third-order valence-electron chi connectivity index (χ3n) is 3.78. The van der Waals surface area contributed by atoms with E-state index in [0.717, 1.165) is 12.5 Å². The molecule has 1 heterocycles. The van der Waals surface area contributed by atoms with Crippen molar-refractivity contribution in [3.05, 3.63) is 28.5 Å². The van der Waals surface area contributed by atoms with Crippen molar-refractivity contribution >= 4 is 21.6 Å². The van der Waals surface area contributed by atoms with Crippen molar-refractivity contribution in [2.75, 3.05) is 13.6 Å². The van der Waals surface area contributed by atoms with Gasteiger partial charge in [0.25, 0.3) is 0 Å². The lowest BCUT2D eigenvalue weighted by Gasteiger charge is -2.21. The molecule has 0 saturated carbocycles. The molecule has 0 bridgehead atoms. The second-order valence-electron chi connectivity index (χ2n) is 5.67. The van der Waals surface area contributed by atoms with Crippen LogP contribution in [-0.4, -0.2) is 32.4 Å². The molecule has 1 N–H and O–H groups in total. The number of hydrogen-bond donors (Lipinski definition) is 1. The Balaban J connectivity index is 2.45. The summed E-state index contributed by atoms with van der Waals surface area (Å²) >= 11 is 5.88. The van der Waals surface area contributed by atoms with Crippen LogP contribution in [0.25, 0.3) is 0 Å². The molecule has 21 heavy (non-hydrogen) atoms. The number of nitrogens with zero attached hydrogens (tertiary/aromatic N) is 1. The third kappa shape index (κ3) is 3.23. The summed E-state index contributed by atoms with van der Waals surface area (Å²) in [4.78, 5) is -0.0319. The lowest BCUT2D eigenvalue weighted by atomic mass is 10.1. The van der Waals surface area contributed by atoms with Crippen molar-refractivity contribution in [3.8, 4) is 0 Å². The molecule has 2 rings (SSSR count). The van der Waals surface area contributed by atoms with Gasteiger partial charge >= 0.3 is 0 Å². The van der Waals surface area contributed by atoms with Crippen LogP contribution < -0.4 is 5.32 Å². The summed E-state index contributed by atoms with van der Waals surface area (Å²) in [7, 11) is -2.00. The summed E-state index contributed by atoms with van der Waals surface area (Å²) in [5, 5.41) is 2.82. The van der Waals surface area contributed by atoms with E-state index in [-0.39, 0.29) is 16.0 Å². The molecule has 0 aliphatic carbocycles. The minimum absolute atomic E-state index is 0.0319. The van der Waals surface area contributed by atoms with E-state index < -0.39 is 15.8 Å². The molecule has 1 aliphatic heterocycles. The molecule has 0 radical (unpaired) electrons. The first kappa shape index (κ1) is 16.7. The average molecular weight is 335 g/mol. The summed E-state index contributed by atoms with van der Waals surface area (Å²) in [5.74, 6) is -0.397. The lowest BCUT2D eigenvalue weighted by Crippen LogP contribution is -2.34. The van der Waals surface area contributed by atoms with Gasteiger partial charge in [0.05, 0.1) is 9.92 Å². The van der Waals surface area contributed by atoms with Crippen LogP contribution in [0, 0.1) is 11.7 Å². The first-order chi connectivity index (χ1) is 9.77. The molecule has 1 aliphatic rings. The standard InChI is InChI=1S/C14H20ClFN2O2S/c1-9-4-10(2)18(8-9)21(19,20)12-5-11(7-17-3)14(15)13(16)6-12/h5-6,9-10,17H,4,7-8H2,1-3H3. The summed E-state index contributed by atoms with van der Waals surface area (Å²) in [6.07, 6.45) is 0.818. The van der Waals surface area contributed by atoms with Crippen molar-refractivity contribution in [1.29, 1.82) is 0 Å². The molecule has 0 spiro atoms. The van der Waals surface area contributed by atoms with E-state index in [0.29, 0.717) is 24.6 Å². The van der Waals surface area contributed by atoms with Crippen molar-refractivity contribution in [2.24, 2.45) is 5.92 Å². The lowest BCUT2D eigenvalue weighted by molar-refractivity contribution is 0.405. The van der Waals surface area contributed by atoms with Crippen LogP contribution in [-0.2, 0) is 16.6 Å². The van der Waals surface area contributed by atoms with E-state index in [9.17, 15) is 12.8 Å². The fraction of sp³-hybridized carbons (Fsp3) is 0.571. The zero-order valence-electron chi connectivity index (χ0n) is 12.4. The first-order valence-electron chi connectivity index (χ1n) is 6.91. The Hall–Kier alpha value is -0.690. The maximum absolute atomic E-state index is 13.9. The SMILES string of the molecule is CNCc1cc(S(=O)(=O)N2CC(C)CC2C)cc(F)c1Cl. The Morgan fingerprint density at radius 2 is 2.10 bits per heavy atom. The van der Waals surface area contributed by atoms with Gasteiger partial charge in [-0.25, -0.2) is 12.8 Å². The maximum atomic E-state index is 13.9. The number of benzene rings is 1. The van der Waals surface area contributed by atoms with Gasteiger partial charge in [-0.05, 0) is 44.0 Å². The molecule has 1 aromatic rings. The number of rotatable bonds is 4. The molecule has 2 unspecified atom stereocenters. The minimum Gasteiger partial charge on any atom is -0.316 e. The smallest absolute Gasteiger partial charge is 0.243 e. The van der Waals surface area contributed by atoms with Gasteiger partial charge < -0.3 is 5.32 Å². The van der Waals surface area contributed by atoms with E-state index in [1.165, 1.54) is 10.4 Å². The van der Waals surface area contributed by atoms with E-state index >= 15 is 0 Å². The molecule has 1 aromatic carbocycles. The van der Waals surface area contributed by atoms with Crippen LogP contribution in [0.15, 0.2) is 17.0 Å². The third-order valence-corrected chi connectivity index (χ3v) is 6.16. The summed E-state index contributed by atoms with van der Waals surface area (Å²) in [6.45, 7) is 4.67. The highest BCUT2D eigenvalue weighted by molar-refractivity contribution is 7.89. The Bertz CT molecular complexity index is 636. The highest BCUT2D eigenvalue weighted by atomic mass is 35.5. The van der Waals surface area contributed by atoms with E-state index in [4.69, 9.17) is 11.6 Å². The molecule has 1 fully saturated rings. The molecular formula is C14H20ClFN2O2S. The fourth-order valence-electron chi connectivity index (χ4n) is 2.82. The Labute approximate surface area is 130 Å². The van der Waals surface area contributed by atoms with Crippen LogP contribution in [0.5, 0.6) is 0 Å². The van der Waals surface area contributed by atoms with E-state index in [2.05, 4.69) is 5.32 Å². The molecule has 7 heteroatoms. The predicted molar refractivity (Wildman–Crippen MR) is 81.3 cm³/mol. The van der Waals surface area contributed by atoms with Gasteiger partial charge in [0, 0.05) is 19.1 Å². The summed E-state index contributed by atoms with van der Waals surface area (Å²) in [6, 6.07) is 2.39. The van der Waals surface area contributed by atoms with Gasteiger partial charge in [0.15, 0.2) is 0 Å². The molecular weight excluding hydrogens is 315 g/mol. The quantitative estimate of drug-likeness (QED) is 0.920. The van der Waals surface area contributed by atoms with Crippen molar-refractivity contribution < 1.29 is 12.8 Å². The largest absolute Gasteiger partial charge is 0.316 e. The second kappa shape index (κ2) is 6.20. The number of sulfonamides is 1. The topological polar surface area (TPSA) is 49.4 Å². The van der Waals surface area contributed by atoms with Gasteiger partial charge in [-0.3, -0.25) is 0 Å². The van der Waals surface area contributed by atoms with Crippen molar-refractivity contribution in [2.45, 2.75) is 37.8 Å². The van der Waals surface area contributed by atoms with Crippen LogP contribution in [0.3, 0.4) is 0 Å². The zero-order valence-corrected chi connectivity index (χ0v) is 13.9. The van der Waals surface area contributed by atoms with Crippen molar-refractivity contribution in [3.63, 3.8) is 0 Å². The van der Waals surface area contributed by atoms with E-state index in [1.807, 2.05) is 13.8 Å². The Kier molecular flexibility index (Phi) is 4.92. The molecule has 2 atom stereocenters. The highest BCUT2D eigenvalue weighted by Crippen LogP contribution is 2.31. The van der Waals surface area contributed by atoms with Crippen LogP contribution in [0.4, 0.5) is 4.39 Å². The minimum atomic E-state index is -3.69. The number of halogens is 2. The highest BCUT2D eigenvalue weighted by Gasteiger charge is 2.36. The molecule has 4 nitrogen and oxygen atoms in total. The van der Waals surface area contributed by atoms with Crippen LogP contribution in [0.2, 0.25) is 5.02 Å². The maximum Gasteiger partial charge on any atom is 0.243 e. The number of hydrogen-bond acceptors (Lipinski definition) is 3. The second-order valence-corrected chi connectivity index (χ2v) is 7.94. The van der Waals surface area contributed by atoms with Gasteiger partial charge in [0.2, 0.25) is 10.0 Å². The van der Waals surface area contributed by atoms with Gasteiger partial charge in [-0.15, -0.1) is 0 Å². The normalized spacial score (nSPS) is 23.7. The average Bonchev–Trinajstić information content (AvgIpc) is 2.74. The van der Waals surface area contributed by atoms with Crippen LogP contribution >= 0.6 is 11.6 Å². The summed E-state index contributed by atoms with van der Waals surface area (Å²) < 4.78 is 40.8. The Morgan fingerprint density at radius 3 is 2.62 bits per heavy atom.